The number of nitrogens with zero attached hydrogens (tertiary/aromatic N) is 3. The fourth-order valence-electron chi connectivity index (χ4n) is 2.36. The van der Waals surface area contributed by atoms with Crippen LogP contribution < -0.4 is 4.74 Å². The minimum Gasteiger partial charge on any atom is -0.483 e. The number of nitro benzene ring substituents is 1. The summed E-state index contributed by atoms with van der Waals surface area (Å²) < 4.78 is 48.8. The van der Waals surface area contributed by atoms with Crippen LogP contribution in [0, 0.1) is 17.0 Å². The summed E-state index contributed by atoms with van der Waals surface area (Å²) >= 11 is 0. The lowest BCUT2D eigenvalue weighted by Crippen LogP contribution is -2.04. The summed E-state index contributed by atoms with van der Waals surface area (Å²) in [6.07, 6.45) is -4.48. The maximum atomic E-state index is 12.8. The van der Waals surface area contributed by atoms with Crippen LogP contribution in [0.15, 0.2) is 47.0 Å². The summed E-state index contributed by atoms with van der Waals surface area (Å²) in [7, 11) is 0. The third-order valence-corrected chi connectivity index (χ3v) is 3.72. The lowest BCUT2D eigenvalue weighted by Gasteiger charge is -2.07. The fourth-order valence-corrected chi connectivity index (χ4v) is 2.36. The van der Waals surface area contributed by atoms with E-state index in [0.717, 1.165) is 12.1 Å². The van der Waals surface area contributed by atoms with E-state index in [4.69, 9.17) is 9.26 Å². The molecule has 2 aromatic carbocycles. The molecule has 0 aliphatic rings. The molecule has 1 heterocycles. The zero-order valence-corrected chi connectivity index (χ0v) is 13.9. The van der Waals surface area contributed by atoms with Gasteiger partial charge < -0.3 is 9.26 Å². The van der Waals surface area contributed by atoms with Gasteiger partial charge in [-0.1, -0.05) is 23.4 Å². The van der Waals surface area contributed by atoms with Crippen LogP contribution in [0.5, 0.6) is 5.75 Å². The van der Waals surface area contributed by atoms with E-state index in [0.29, 0.717) is 5.56 Å². The Morgan fingerprint density at radius 1 is 1.22 bits per heavy atom. The van der Waals surface area contributed by atoms with E-state index < -0.39 is 16.7 Å². The van der Waals surface area contributed by atoms with Gasteiger partial charge in [-0.15, -0.1) is 0 Å². The maximum absolute atomic E-state index is 12.8. The molecule has 7 nitrogen and oxygen atoms in total. The standard InChI is InChI=1S/C17H12F3N3O4/c1-10-13(23(24)25)6-3-7-14(10)26-9-15-21-16(22-27-15)11-4-2-5-12(8-11)17(18,19)20/h2-8H,9H2,1H3. The number of ether oxygens (including phenoxy) is 1. The van der Waals surface area contributed by atoms with Gasteiger partial charge in [0.25, 0.3) is 11.6 Å². The van der Waals surface area contributed by atoms with Crippen LogP contribution in [0.1, 0.15) is 17.0 Å². The Kier molecular flexibility index (Phi) is 4.80. The molecule has 3 rings (SSSR count). The predicted octanol–water partition coefficient (Wildman–Crippen LogP) is 4.55. The topological polar surface area (TPSA) is 91.3 Å². The smallest absolute Gasteiger partial charge is 0.416 e. The minimum absolute atomic E-state index is 0.0181. The van der Waals surface area contributed by atoms with Crippen molar-refractivity contribution in [3.63, 3.8) is 0 Å². The number of nitro groups is 1. The molecule has 3 aromatic rings. The molecule has 0 fully saturated rings. The van der Waals surface area contributed by atoms with Crippen LogP contribution >= 0.6 is 0 Å². The maximum Gasteiger partial charge on any atom is 0.416 e. The molecule has 0 spiro atoms. The minimum atomic E-state index is -4.48. The second-order valence-corrected chi connectivity index (χ2v) is 5.54. The van der Waals surface area contributed by atoms with Crippen molar-refractivity contribution in [1.82, 2.24) is 10.1 Å². The van der Waals surface area contributed by atoms with Gasteiger partial charge in [0, 0.05) is 11.6 Å². The molecule has 1 aromatic heterocycles. The highest BCUT2D eigenvalue weighted by molar-refractivity contribution is 5.55. The quantitative estimate of drug-likeness (QED) is 0.477. The van der Waals surface area contributed by atoms with Crippen LogP contribution in [0.3, 0.4) is 0 Å². The summed E-state index contributed by atoms with van der Waals surface area (Å²) in [5.41, 5.74) is -0.441. The van der Waals surface area contributed by atoms with Crippen LogP contribution in [0.2, 0.25) is 0 Å². The summed E-state index contributed by atoms with van der Waals surface area (Å²) in [4.78, 5) is 14.4. The molecule has 0 aliphatic carbocycles. The molecule has 27 heavy (non-hydrogen) atoms. The Morgan fingerprint density at radius 3 is 2.67 bits per heavy atom. The summed E-state index contributed by atoms with van der Waals surface area (Å²) in [6.45, 7) is 1.35. The lowest BCUT2D eigenvalue weighted by molar-refractivity contribution is -0.385. The van der Waals surface area contributed by atoms with Gasteiger partial charge in [-0.05, 0) is 25.1 Å². The average Bonchev–Trinajstić information content (AvgIpc) is 3.09. The normalized spacial score (nSPS) is 11.4. The highest BCUT2D eigenvalue weighted by atomic mass is 19.4. The molecule has 0 atom stereocenters. The van der Waals surface area contributed by atoms with Gasteiger partial charge in [0.05, 0.1) is 16.1 Å². The third-order valence-electron chi connectivity index (χ3n) is 3.72. The molecule has 140 valence electrons. The summed E-state index contributed by atoms with van der Waals surface area (Å²) in [5.74, 6) is 0.270. The number of alkyl halides is 3. The van der Waals surface area contributed by atoms with E-state index in [1.54, 1.807) is 6.07 Å². The second-order valence-electron chi connectivity index (χ2n) is 5.54. The number of hydrogen-bond donors (Lipinski definition) is 0. The fraction of sp³-hybridized carbons (Fsp3) is 0.176. The van der Waals surface area contributed by atoms with Crippen molar-refractivity contribution in [2.45, 2.75) is 19.7 Å². The van der Waals surface area contributed by atoms with E-state index in [1.807, 2.05) is 0 Å². The van der Waals surface area contributed by atoms with Crippen molar-refractivity contribution in [2.24, 2.45) is 0 Å². The lowest BCUT2D eigenvalue weighted by atomic mass is 10.1. The van der Waals surface area contributed by atoms with Gasteiger partial charge in [-0.25, -0.2) is 0 Å². The molecular formula is C17H12F3N3O4. The van der Waals surface area contributed by atoms with Crippen LogP contribution in [-0.2, 0) is 12.8 Å². The predicted molar refractivity (Wildman–Crippen MR) is 86.9 cm³/mol. The first-order valence-electron chi connectivity index (χ1n) is 7.62. The average molecular weight is 379 g/mol. The molecule has 0 N–H and O–H groups in total. The molecular weight excluding hydrogens is 367 g/mol. The Morgan fingerprint density at radius 2 is 1.96 bits per heavy atom. The SMILES string of the molecule is Cc1c(OCc2nc(-c3cccc(C(F)(F)F)c3)no2)cccc1[N+](=O)[O-]. The molecule has 0 radical (unpaired) electrons. The molecule has 0 amide bonds. The van der Waals surface area contributed by atoms with Gasteiger partial charge in [0.2, 0.25) is 5.82 Å². The first-order chi connectivity index (χ1) is 12.8. The highest BCUT2D eigenvalue weighted by Gasteiger charge is 2.30. The molecule has 0 unspecified atom stereocenters. The summed E-state index contributed by atoms with van der Waals surface area (Å²) in [6, 6.07) is 8.90. The van der Waals surface area contributed by atoms with Crippen LogP contribution in [0.25, 0.3) is 11.4 Å². The van der Waals surface area contributed by atoms with Crippen LogP contribution in [0.4, 0.5) is 18.9 Å². The first kappa shape index (κ1) is 18.4. The first-order valence-corrected chi connectivity index (χ1v) is 7.62. The van der Waals surface area contributed by atoms with Crippen molar-refractivity contribution < 1.29 is 27.4 Å². The van der Waals surface area contributed by atoms with Crippen molar-refractivity contribution in [2.75, 3.05) is 0 Å². The Hall–Kier alpha value is -3.43. The zero-order valence-electron chi connectivity index (χ0n) is 13.9. The third kappa shape index (κ3) is 4.05. The monoisotopic (exact) mass is 379 g/mol. The van der Waals surface area contributed by atoms with Gasteiger partial charge in [-0.2, -0.15) is 18.2 Å². The van der Waals surface area contributed by atoms with E-state index in [-0.39, 0.29) is 35.3 Å². The van der Waals surface area contributed by atoms with Gasteiger partial charge in [0.15, 0.2) is 6.61 Å². The van der Waals surface area contributed by atoms with E-state index in [9.17, 15) is 23.3 Å². The van der Waals surface area contributed by atoms with Gasteiger partial charge >= 0.3 is 6.18 Å². The molecule has 0 bridgehead atoms. The molecule has 0 saturated carbocycles. The zero-order chi connectivity index (χ0) is 19.6. The summed E-state index contributed by atoms with van der Waals surface area (Å²) in [5, 5.41) is 14.6. The Labute approximate surface area is 150 Å². The Balaban J connectivity index is 1.76. The number of benzene rings is 2. The molecule has 0 saturated heterocycles. The van der Waals surface area contributed by atoms with E-state index in [2.05, 4.69) is 10.1 Å². The van der Waals surface area contributed by atoms with E-state index >= 15 is 0 Å². The Bertz CT molecular complexity index is 986. The van der Waals surface area contributed by atoms with Crippen molar-refractivity contribution in [1.29, 1.82) is 0 Å². The van der Waals surface area contributed by atoms with Crippen molar-refractivity contribution in [3.8, 4) is 17.1 Å². The molecule has 0 aliphatic heterocycles. The number of rotatable bonds is 5. The highest BCUT2D eigenvalue weighted by Crippen LogP contribution is 2.31. The van der Waals surface area contributed by atoms with Crippen molar-refractivity contribution >= 4 is 5.69 Å². The largest absolute Gasteiger partial charge is 0.483 e. The number of aromatic nitrogens is 2. The van der Waals surface area contributed by atoms with Gasteiger partial charge in [0.1, 0.15) is 5.75 Å². The van der Waals surface area contributed by atoms with Gasteiger partial charge in [-0.3, -0.25) is 10.1 Å². The van der Waals surface area contributed by atoms with E-state index in [1.165, 1.54) is 31.2 Å². The number of hydrogen-bond acceptors (Lipinski definition) is 6. The molecule has 10 heteroatoms. The van der Waals surface area contributed by atoms with Crippen molar-refractivity contribution in [3.05, 3.63) is 69.6 Å². The van der Waals surface area contributed by atoms with Crippen LogP contribution in [-0.4, -0.2) is 15.1 Å². The second kappa shape index (κ2) is 7.06. The number of halogens is 3.